The minimum absolute atomic E-state index is 0.0694. The average Bonchev–Trinajstić information content (AvgIpc) is 3.98. The zero-order valence-electron chi connectivity index (χ0n) is 36.1. The highest BCUT2D eigenvalue weighted by atomic mass is 32.1. The molecule has 2 fully saturated rings. The van der Waals surface area contributed by atoms with Crippen LogP contribution in [-0.2, 0) is 6.42 Å². The molecule has 4 heterocycles. The molecule has 4 atom stereocenters. The maximum Gasteiger partial charge on any atom is 0.252 e. The first kappa shape index (κ1) is 42.3. The van der Waals surface area contributed by atoms with Gasteiger partial charge in [-0.05, 0) is 139 Å². The van der Waals surface area contributed by atoms with Gasteiger partial charge in [-0.25, -0.2) is 0 Å². The van der Waals surface area contributed by atoms with Crippen LogP contribution in [0.4, 0.5) is 11.4 Å². The lowest BCUT2D eigenvalue weighted by atomic mass is 9.93. The number of carbonyl (C=O) groups excluding carboxylic acids is 2. The van der Waals surface area contributed by atoms with E-state index in [1.165, 1.54) is 25.8 Å². The second kappa shape index (κ2) is 18.7. The summed E-state index contributed by atoms with van der Waals surface area (Å²) in [5.74, 6) is -0.151. The molecule has 10 heteroatoms. The van der Waals surface area contributed by atoms with Gasteiger partial charge in [0, 0.05) is 62.8 Å². The molecule has 0 radical (unpaired) electrons. The first-order valence-corrected chi connectivity index (χ1v) is 23.6. The molecule has 0 bridgehead atoms. The van der Waals surface area contributed by atoms with E-state index in [9.17, 15) is 9.59 Å². The Labute approximate surface area is 378 Å². The molecule has 320 valence electrons. The fourth-order valence-electron chi connectivity index (χ4n) is 8.30. The molecule has 2 aromatic heterocycles. The van der Waals surface area contributed by atoms with Crippen molar-refractivity contribution in [2.75, 3.05) is 30.3 Å². The summed E-state index contributed by atoms with van der Waals surface area (Å²) in [6.07, 6.45) is 0.889. The normalized spacial score (nSPS) is 16.9. The van der Waals surface area contributed by atoms with E-state index < -0.39 is 0 Å². The lowest BCUT2D eigenvalue weighted by Gasteiger charge is -2.39. The second-order valence-electron chi connectivity index (χ2n) is 17.0. The van der Waals surface area contributed by atoms with Gasteiger partial charge >= 0.3 is 0 Å². The number of hydrogen-bond acceptors (Lipinski definition) is 8. The number of carbonyl (C=O) groups is 2. The number of amides is 2. The van der Waals surface area contributed by atoms with Crippen LogP contribution in [0.5, 0.6) is 0 Å². The number of hydrogen-bond donors (Lipinski definition) is 6. The fraction of sp³-hybridized carbons (Fsp3) is 0.245. The first-order chi connectivity index (χ1) is 30.6. The van der Waals surface area contributed by atoms with Gasteiger partial charge in [-0.3, -0.25) is 9.59 Å². The SMILES string of the molecule is Cc1ccc(NC2CNC2)cc1C(=O)N[C@H](C)c1cccc(-c2cc(CC3NCC3Nc3ccc(C)c(C(=O)N[C@H](C)c4cccc(-c5ccc(-c6ccccc6)s5)c4)c3)cs2)c1. The molecule has 7 aromatic rings. The zero-order chi connectivity index (χ0) is 43.5. The predicted molar refractivity (Wildman–Crippen MR) is 262 cm³/mol. The van der Waals surface area contributed by atoms with E-state index in [1.807, 2.05) is 64.1 Å². The van der Waals surface area contributed by atoms with Crippen LogP contribution in [0.2, 0.25) is 0 Å². The van der Waals surface area contributed by atoms with E-state index in [4.69, 9.17) is 0 Å². The number of benzene rings is 5. The maximum absolute atomic E-state index is 13.8. The van der Waals surface area contributed by atoms with Crippen molar-refractivity contribution in [3.8, 4) is 31.3 Å². The van der Waals surface area contributed by atoms with Gasteiger partial charge in [0.25, 0.3) is 11.8 Å². The van der Waals surface area contributed by atoms with Crippen molar-refractivity contribution in [3.63, 3.8) is 0 Å². The summed E-state index contributed by atoms with van der Waals surface area (Å²) in [5, 5.41) is 22.9. The Bertz CT molecular complexity index is 2740. The van der Waals surface area contributed by atoms with Crippen LogP contribution in [0, 0.1) is 13.8 Å². The second-order valence-corrected chi connectivity index (χ2v) is 19.0. The van der Waals surface area contributed by atoms with Gasteiger partial charge in [0.2, 0.25) is 0 Å². The Morgan fingerprint density at radius 1 is 0.619 bits per heavy atom. The number of thiophene rings is 2. The predicted octanol–water partition coefficient (Wildman–Crippen LogP) is 10.8. The van der Waals surface area contributed by atoms with Gasteiger partial charge in [0.15, 0.2) is 0 Å². The Morgan fingerprint density at radius 2 is 1.19 bits per heavy atom. The molecule has 2 aliphatic heterocycles. The largest absolute Gasteiger partial charge is 0.380 e. The molecular formula is C53H54N6O2S2. The molecule has 2 aliphatic rings. The molecule has 6 N–H and O–H groups in total. The smallest absolute Gasteiger partial charge is 0.252 e. The van der Waals surface area contributed by atoms with Crippen molar-refractivity contribution in [3.05, 3.63) is 178 Å². The molecule has 0 aliphatic carbocycles. The third-order valence-corrected chi connectivity index (χ3v) is 14.6. The highest BCUT2D eigenvalue weighted by Crippen LogP contribution is 2.36. The minimum atomic E-state index is -0.167. The molecule has 9 rings (SSSR count). The van der Waals surface area contributed by atoms with Crippen LogP contribution in [0.15, 0.2) is 139 Å². The highest BCUT2D eigenvalue weighted by molar-refractivity contribution is 7.18. The zero-order valence-corrected chi connectivity index (χ0v) is 37.8. The van der Waals surface area contributed by atoms with E-state index in [0.717, 1.165) is 70.8 Å². The highest BCUT2D eigenvalue weighted by Gasteiger charge is 2.31. The summed E-state index contributed by atoms with van der Waals surface area (Å²) >= 11 is 3.53. The first-order valence-electron chi connectivity index (χ1n) is 21.9. The summed E-state index contributed by atoms with van der Waals surface area (Å²) in [5.41, 5.74) is 12.1. The molecule has 63 heavy (non-hydrogen) atoms. The number of rotatable bonds is 15. The standard InChI is InChI=1S/C53H54N6O2S2/c1-32-16-18-42(58-44-28-54-29-44)26-45(32)52(60)57-35(4)39-13-9-15-41(25-39)51-23-36(31-62-51)22-47-48(30-55-47)59-43-19-17-33(2)46(27-43)53(61)56-34(3)38-12-8-14-40(24-38)50-21-20-49(63-50)37-10-6-5-7-11-37/h5-21,23-27,31,34-35,44,47-48,54-55,58-59H,22,28-30H2,1-4H3,(H,56,61)(H,57,60)/t34-,35-,47?,48?/m1/s1. The van der Waals surface area contributed by atoms with Gasteiger partial charge < -0.3 is 31.9 Å². The van der Waals surface area contributed by atoms with E-state index in [1.54, 1.807) is 22.7 Å². The van der Waals surface area contributed by atoms with Crippen LogP contribution in [0.3, 0.4) is 0 Å². The molecule has 8 nitrogen and oxygen atoms in total. The van der Waals surface area contributed by atoms with Crippen molar-refractivity contribution >= 4 is 45.9 Å². The van der Waals surface area contributed by atoms with E-state index in [-0.39, 0.29) is 36.0 Å². The van der Waals surface area contributed by atoms with Gasteiger partial charge in [-0.15, -0.1) is 22.7 Å². The van der Waals surface area contributed by atoms with Crippen LogP contribution < -0.4 is 31.9 Å². The summed E-state index contributed by atoms with van der Waals surface area (Å²) in [6.45, 7) is 10.8. The lowest BCUT2D eigenvalue weighted by Crippen LogP contribution is -2.61. The molecule has 2 unspecified atom stereocenters. The topological polar surface area (TPSA) is 106 Å². The summed E-state index contributed by atoms with van der Waals surface area (Å²) in [6, 6.07) is 46.7. The van der Waals surface area contributed by atoms with Gasteiger partial charge in [0.1, 0.15) is 0 Å². The Kier molecular flexibility index (Phi) is 12.6. The van der Waals surface area contributed by atoms with E-state index in [0.29, 0.717) is 17.2 Å². The van der Waals surface area contributed by atoms with Crippen molar-refractivity contribution in [2.45, 2.75) is 64.3 Å². The number of nitrogens with one attached hydrogen (secondary N) is 6. The molecule has 5 aromatic carbocycles. The van der Waals surface area contributed by atoms with Crippen molar-refractivity contribution in [1.29, 1.82) is 0 Å². The van der Waals surface area contributed by atoms with E-state index >= 15 is 0 Å². The van der Waals surface area contributed by atoms with Crippen LogP contribution in [-0.4, -0.2) is 49.6 Å². The Morgan fingerprint density at radius 3 is 1.76 bits per heavy atom. The van der Waals surface area contributed by atoms with Crippen molar-refractivity contribution in [2.24, 2.45) is 0 Å². The van der Waals surface area contributed by atoms with Crippen molar-refractivity contribution in [1.82, 2.24) is 21.3 Å². The fourth-order valence-corrected chi connectivity index (χ4v) is 10.2. The number of aryl methyl sites for hydroxylation is 2. The average molecular weight is 871 g/mol. The minimum Gasteiger partial charge on any atom is -0.380 e. The van der Waals surface area contributed by atoms with Gasteiger partial charge in [-0.2, -0.15) is 0 Å². The van der Waals surface area contributed by atoms with Crippen LogP contribution in [0.25, 0.3) is 31.3 Å². The quantitative estimate of drug-likeness (QED) is 0.0613. The molecular weight excluding hydrogens is 817 g/mol. The summed E-state index contributed by atoms with van der Waals surface area (Å²) in [4.78, 5) is 30.9. The Hall–Kier alpha value is -6.04. The lowest BCUT2D eigenvalue weighted by molar-refractivity contribution is 0.0931. The van der Waals surface area contributed by atoms with Crippen LogP contribution in [0.1, 0.15) is 74.5 Å². The van der Waals surface area contributed by atoms with E-state index in [2.05, 4.69) is 134 Å². The van der Waals surface area contributed by atoms with Gasteiger partial charge in [-0.1, -0.05) is 78.9 Å². The third kappa shape index (κ3) is 9.80. The Balaban J connectivity index is 0.795. The maximum atomic E-state index is 13.8. The van der Waals surface area contributed by atoms with Crippen molar-refractivity contribution < 1.29 is 9.59 Å². The molecule has 0 saturated carbocycles. The monoisotopic (exact) mass is 870 g/mol. The molecule has 0 spiro atoms. The number of anilines is 2. The molecule has 2 amide bonds. The third-order valence-electron chi connectivity index (χ3n) is 12.4. The summed E-state index contributed by atoms with van der Waals surface area (Å²) in [7, 11) is 0. The van der Waals surface area contributed by atoms with Gasteiger partial charge in [0.05, 0.1) is 24.2 Å². The summed E-state index contributed by atoms with van der Waals surface area (Å²) < 4.78 is 0. The van der Waals surface area contributed by atoms with Crippen LogP contribution >= 0.6 is 22.7 Å². The molecule has 2 saturated heterocycles.